The minimum absolute atomic E-state index is 0.606. The van der Waals surface area contributed by atoms with E-state index in [2.05, 4.69) is 35.1 Å². The van der Waals surface area contributed by atoms with E-state index in [1.54, 1.807) is 12.4 Å². The fourth-order valence-corrected chi connectivity index (χ4v) is 2.58. The number of nitrogens with one attached hydrogen (secondary N) is 1. The van der Waals surface area contributed by atoms with E-state index in [1.807, 2.05) is 18.3 Å². The molecule has 3 heterocycles. The highest BCUT2D eigenvalue weighted by Crippen LogP contribution is 2.24. The van der Waals surface area contributed by atoms with Crippen LogP contribution in [0.2, 0.25) is 0 Å². The Morgan fingerprint density at radius 3 is 2.18 bits per heavy atom. The molecule has 0 amide bonds. The van der Waals surface area contributed by atoms with Gasteiger partial charge >= 0.3 is 0 Å². The SMILES string of the molecule is c1cnc(N2CCN(c3nccc(NC4CC4)n3)CC2)nc1. The van der Waals surface area contributed by atoms with E-state index in [1.165, 1.54) is 12.8 Å². The Bertz CT molecular complexity index is 621. The van der Waals surface area contributed by atoms with Crippen LogP contribution in [0.5, 0.6) is 0 Å². The van der Waals surface area contributed by atoms with Crippen molar-refractivity contribution in [1.29, 1.82) is 0 Å². The first kappa shape index (κ1) is 13.2. The van der Waals surface area contributed by atoms with E-state index in [-0.39, 0.29) is 0 Å². The van der Waals surface area contributed by atoms with Crippen LogP contribution in [0.25, 0.3) is 0 Å². The number of anilines is 3. The molecule has 2 fully saturated rings. The van der Waals surface area contributed by atoms with E-state index < -0.39 is 0 Å². The van der Waals surface area contributed by atoms with Gasteiger partial charge in [-0.2, -0.15) is 4.98 Å². The van der Waals surface area contributed by atoms with Crippen LogP contribution in [-0.2, 0) is 0 Å². The maximum atomic E-state index is 4.63. The van der Waals surface area contributed by atoms with E-state index in [4.69, 9.17) is 0 Å². The summed E-state index contributed by atoms with van der Waals surface area (Å²) in [5, 5.41) is 3.42. The molecule has 0 bridgehead atoms. The highest BCUT2D eigenvalue weighted by atomic mass is 15.4. The van der Waals surface area contributed by atoms with Gasteiger partial charge in [-0.15, -0.1) is 0 Å². The quantitative estimate of drug-likeness (QED) is 0.908. The third-order valence-corrected chi connectivity index (χ3v) is 3.97. The normalized spacial score (nSPS) is 18.4. The highest BCUT2D eigenvalue weighted by molar-refractivity contribution is 5.44. The molecule has 22 heavy (non-hydrogen) atoms. The molecule has 2 aliphatic rings. The molecule has 1 aliphatic carbocycles. The Morgan fingerprint density at radius 2 is 1.50 bits per heavy atom. The van der Waals surface area contributed by atoms with Gasteiger partial charge in [0, 0.05) is 50.8 Å². The molecule has 0 spiro atoms. The molecule has 1 N–H and O–H groups in total. The molecular weight excluding hydrogens is 278 g/mol. The van der Waals surface area contributed by atoms with Crippen molar-refractivity contribution in [3.05, 3.63) is 30.7 Å². The van der Waals surface area contributed by atoms with Gasteiger partial charge < -0.3 is 15.1 Å². The average molecular weight is 297 g/mol. The first-order valence-corrected chi connectivity index (χ1v) is 7.75. The molecule has 1 saturated heterocycles. The molecular formula is C15H19N7. The Kier molecular flexibility index (Phi) is 3.46. The summed E-state index contributed by atoms with van der Waals surface area (Å²) < 4.78 is 0. The van der Waals surface area contributed by atoms with Crippen molar-refractivity contribution in [2.24, 2.45) is 0 Å². The Balaban J connectivity index is 1.40. The van der Waals surface area contributed by atoms with Crippen molar-refractivity contribution in [1.82, 2.24) is 19.9 Å². The number of aromatic nitrogens is 4. The lowest BCUT2D eigenvalue weighted by molar-refractivity contribution is 0.628. The Labute approximate surface area is 129 Å². The first-order valence-electron chi connectivity index (χ1n) is 7.75. The predicted molar refractivity (Wildman–Crippen MR) is 85.1 cm³/mol. The number of hydrogen-bond donors (Lipinski definition) is 1. The molecule has 7 heteroatoms. The summed E-state index contributed by atoms with van der Waals surface area (Å²) in [6.45, 7) is 3.53. The summed E-state index contributed by atoms with van der Waals surface area (Å²) in [7, 11) is 0. The minimum Gasteiger partial charge on any atom is -0.367 e. The smallest absolute Gasteiger partial charge is 0.227 e. The lowest BCUT2D eigenvalue weighted by Gasteiger charge is -2.34. The summed E-state index contributed by atoms with van der Waals surface area (Å²) in [6, 6.07) is 4.39. The Morgan fingerprint density at radius 1 is 0.864 bits per heavy atom. The van der Waals surface area contributed by atoms with Crippen LogP contribution in [0.3, 0.4) is 0 Å². The van der Waals surface area contributed by atoms with Gasteiger partial charge in [-0.1, -0.05) is 0 Å². The lowest BCUT2D eigenvalue weighted by atomic mass is 10.3. The molecule has 0 aromatic carbocycles. The van der Waals surface area contributed by atoms with Crippen molar-refractivity contribution in [2.75, 3.05) is 41.3 Å². The molecule has 1 aliphatic heterocycles. The van der Waals surface area contributed by atoms with E-state index in [0.29, 0.717) is 6.04 Å². The van der Waals surface area contributed by atoms with E-state index in [9.17, 15) is 0 Å². The fourth-order valence-electron chi connectivity index (χ4n) is 2.58. The second-order valence-electron chi connectivity index (χ2n) is 5.68. The molecule has 2 aromatic heterocycles. The van der Waals surface area contributed by atoms with Crippen molar-refractivity contribution in [3.63, 3.8) is 0 Å². The van der Waals surface area contributed by atoms with Crippen LogP contribution < -0.4 is 15.1 Å². The molecule has 0 radical (unpaired) electrons. The Hall–Kier alpha value is -2.44. The highest BCUT2D eigenvalue weighted by Gasteiger charge is 2.23. The van der Waals surface area contributed by atoms with Gasteiger partial charge in [0.25, 0.3) is 0 Å². The number of piperazine rings is 1. The van der Waals surface area contributed by atoms with Gasteiger partial charge in [0.05, 0.1) is 0 Å². The monoisotopic (exact) mass is 297 g/mol. The largest absolute Gasteiger partial charge is 0.367 e. The third-order valence-electron chi connectivity index (χ3n) is 3.97. The molecule has 114 valence electrons. The fraction of sp³-hybridized carbons (Fsp3) is 0.467. The molecule has 0 unspecified atom stereocenters. The van der Waals surface area contributed by atoms with Gasteiger partial charge in [-0.05, 0) is 25.0 Å². The van der Waals surface area contributed by atoms with Crippen LogP contribution in [0, 0.1) is 0 Å². The molecule has 7 nitrogen and oxygen atoms in total. The second kappa shape index (κ2) is 5.75. The standard InChI is InChI=1S/C15H19N7/c1-5-16-14(17-6-1)21-8-10-22(11-9-21)15-18-7-4-13(20-15)19-12-2-3-12/h1,4-7,12H,2-3,8-11H2,(H,18,19,20). The minimum atomic E-state index is 0.606. The topological polar surface area (TPSA) is 70.1 Å². The van der Waals surface area contributed by atoms with E-state index >= 15 is 0 Å². The van der Waals surface area contributed by atoms with E-state index in [0.717, 1.165) is 43.9 Å². The predicted octanol–water partition coefficient (Wildman–Crippen LogP) is 1.17. The molecule has 1 saturated carbocycles. The number of nitrogens with zero attached hydrogens (tertiary/aromatic N) is 6. The van der Waals surface area contributed by atoms with Crippen molar-refractivity contribution in [3.8, 4) is 0 Å². The number of rotatable bonds is 4. The van der Waals surface area contributed by atoms with Crippen LogP contribution >= 0.6 is 0 Å². The van der Waals surface area contributed by atoms with Crippen molar-refractivity contribution < 1.29 is 0 Å². The van der Waals surface area contributed by atoms with Gasteiger partial charge in [0.2, 0.25) is 11.9 Å². The summed E-state index contributed by atoms with van der Waals surface area (Å²) in [5.74, 6) is 2.54. The average Bonchev–Trinajstić information content (AvgIpc) is 3.40. The first-order chi connectivity index (χ1) is 10.9. The van der Waals surface area contributed by atoms with Crippen LogP contribution in [0.1, 0.15) is 12.8 Å². The van der Waals surface area contributed by atoms with Crippen LogP contribution in [-0.4, -0.2) is 52.2 Å². The van der Waals surface area contributed by atoms with Crippen molar-refractivity contribution >= 4 is 17.7 Å². The zero-order valence-corrected chi connectivity index (χ0v) is 12.4. The van der Waals surface area contributed by atoms with Crippen LogP contribution in [0.15, 0.2) is 30.7 Å². The summed E-state index contributed by atoms with van der Waals surface area (Å²) in [6.07, 6.45) is 7.89. The maximum Gasteiger partial charge on any atom is 0.227 e. The zero-order chi connectivity index (χ0) is 14.8. The summed E-state index contributed by atoms with van der Waals surface area (Å²) in [5.41, 5.74) is 0. The van der Waals surface area contributed by atoms with Gasteiger partial charge in [-0.25, -0.2) is 15.0 Å². The molecule has 2 aromatic rings. The lowest BCUT2D eigenvalue weighted by Crippen LogP contribution is -2.47. The van der Waals surface area contributed by atoms with Gasteiger partial charge in [0.1, 0.15) is 5.82 Å². The summed E-state index contributed by atoms with van der Waals surface area (Å²) in [4.78, 5) is 22.1. The van der Waals surface area contributed by atoms with Crippen molar-refractivity contribution in [2.45, 2.75) is 18.9 Å². The van der Waals surface area contributed by atoms with Gasteiger partial charge in [-0.3, -0.25) is 0 Å². The molecule has 4 rings (SSSR count). The van der Waals surface area contributed by atoms with Gasteiger partial charge in [0.15, 0.2) is 0 Å². The number of hydrogen-bond acceptors (Lipinski definition) is 7. The molecule has 0 atom stereocenters. The maximum absolute atomic E-state index is 4.63. The summed E-state index contributed by atoms with van der Waals surface area (Å²) >= 11 is 0. The third kappa shape index (κ3) is 2.93. The second-order valence-corrected chi connectivity index (χ2v) is 5.68. The van der Waals surface area contributed by atoms with Crippen LogP contribution in [0.4, 0.5) is 17.7 Å². The zero-order valence-electron chi connectivity index (χ0n) is 12.4.